The first-order valence-electron chi connectivity index (χ1n) is 5.75. The zero-order valence-corrected chi connectivity index (χ0v) is 10.7. The summed E-state index contributed by atoms with van der Waals surface area (Å²) in [5, 5.41) is 7.22. The van der Waals surface area contributed by atoms with Gasteiger partial charge in [0.2, 0.25) is 0 Å². The summed E-state index contributed by atoms with van der Waals surface area (Å²) in [7, 11) is 0. The van der Waals surface area contributed by atoms with Crippen LogP contribution in [-0.4, -0.2) is 30.4 Å². The lowest BCUT2D eigenvalue weighted by Crippen LogP contribution is -2.46. The fourth-order valence-electron chi connectivity index (χ4n) is 1.64. The van der Waals surface area contributed by atoms with E-state index in [0.717, 1.165) is 24.7 Å². The van der Waals surface area contributed by atoms with Gasteiger partial charge in [0.15, 0.2) is 5.11 Å². The Morgan fingerprint density at radius 1 is 1.47 bits per heavy atom. The van der Waals surface area contributed by atoms with E-state index in [2.05, 4.69) is 31.4 Å². The zero-order valence-electron chi connectivity index (χ0n) is 9.88. The molecule has 0 bridgehead atoms. The third-order valence-electron chi connectivity index (χ3n) is 2.55. The first-order chi connectivity index (χ1) is 7.09. The Kier molecular flexibility index (Phi) is 5.32. The summed E-state index contributed by atoms with van der Waals surface area (Å²) in [6, 6.07) is 0.305. The predicted octanol–water partition coefficient (Wildman–Crippen LogP) is 1.67. The van der Waals surface area contributed by atoms with Gasteiger partial charge in [0.05, 0.1) is 12.1 Å². The molecule has 0 saturated carbocycles. The predicted molar refractivity (Wildman–Crippen MR) is 67.0 cm³/mol. The minimum Gasteiger partial charge on any atom is -0.376 e. The normalized spacial score (nSPS) is 22.8. The first kappa shape index (κ1) is 12.7. The molecule has 1 heterocycles. The summed E-state index contributed by atoms with van der Waals surface area (Å²) in [4.78, 5) is 0. The fourth-order valence-corrected chi connectivity index (χ4v) is 1.91. The van der Waals surface area contributed by atoms with Gasteiger partial charge in [-0.2, -0.15) is 0 Å². The Balaban J connectivity index is 2.18. The molecule has 0 spiro atoms. The lowest BCUT2D eigenvalue weighted by atomic mass is 10.1. The highest BCUT2D eigenvalue weighted by atomic mass is 32.1. The van der Waals surface area contributed by atoms with E-state index in [-0.39, 0.29) is 0 Å². The van der Waals surface area contributed by atoms with E-state index in [1.807, 2.05) is 0 Å². The third kappa shape index (κ3) is 4.80. The molecule has 0 amide bonds. The molecular weight excluding hydrogens is 208 g/mol. The highest BCUT2D eigenvalue weighted by Gasteiger charge is 2.22. The Bertz CT molecular complexity index is 203. The van der Waals surface area contributed by atoms with Crippen molar-refractivity contribution in [2.45, 2.75) is 45.8 Å². The van der Waals surface area contributed by atoms with Crippen LogP contribution in [0.25, 0.3) is 0 Å². The molecule has 3 nitrogen and oxygen atoms in total. The van der Waals surface area contributed by atoms with Crippen molar-refractivity contribution in [1.29, 1.82) is 0 Å². The van der Waals surface area contributed by atoms with Gasteiger partial charge < -0.3 is 15.4 Å². The van der Waals surface area contributed by atoms with E-state index in [9.17, 15) is 0 Å². The van der Waals surface area contributed by atoms with Crippen molar-refractivity contribution in [1.82, 2.24) is 10.6 Å². The molecule has 0 aromatic carbocycles. The Labute approximate surface area is 98.0 Å². The molecule has 0 aromatic heterocycles. The van der Waals surface area contributed by atoms with Crippen LogP contribution in [0.2, 0.25) is 0 Å². The number of thiocarbonyl (C=S) groups is 1. The van der Waals surface area contributed by atoms with Crippen LogP contribution in [0.5, 0.6) is 0 Å². The second-order valence-corrected chi connectivity index (χ2v) is 5.00. The van der Waals surface area contributed by atoms with Crippen molar-refractivity contribution < 1.29 is 4.74 Å². The molecule has 2 N–H and O–H groups in total. The first-order valence-corrected chi connectivity index (χ1v) is 6.16. The molecular formula is C11H22N2OS. The van der Waals surface area contributed by atoms with Crippen LogP contribution in [0.1, 0.15) is 33.6 Å². The number of hydrogen-bond acceptors (Lipinski definition) is 2. The highest BCUT2D eigenvalue weighted by Crippen LogP contribution is 2.15. The number of nitrogens with one attached hydrogen (secondary N) is 2. The maximum atomic E-state index is 5.59. The third-order valence-corrected chi connectivity index (χ3v) is 2.81. The quantitative estimate of drug-likeness (QED) is 0.720. The van der Waals surface area contributed by atoms with Gasteiger partial charge in [-0.15, -0.1) is 0 Å². The lowest BCUT2D eigenvalue weighted by molar-refractivity contribution is 0.0892. The van der Waals surface area contributed by atoms with Crippen LogP contribution in [-0.2, 0) is 4.74 Å². The Morgan fingerprint density at radius 2 is 2.20 bits per heavy atom. The summed E-state index contributed by atoms with van der Waals surface area (Å²) < 4.78 is 5.59. The highest BCUT2D eigenvalue weighted by molar-refractivity contribution is 7.80. The minimum absolute atomic E-state index is 0.305. The van der Waals surface area contributed by atoms with E-state index in [1.165, 1.54) is 6.42 Å². The van der Waals surface area contributed by atoms with Crippen molar-refractivity contribution >= 4 is 17.3 Å². The molecule has 2 atom stereocenters. The number of hydrogen-bond donors (Lipinski definition) is 2. The van der Waals surface area contributed by atoms with Gasteiger partial charge in [0.1, 0.15) is 0 Å². The van der Waals surface area contributed by atoms with E-state index < -0.39 is 0 Å². The lowest BCUT2D eigenvalue weighted by Gasteiger charge is -2.22. The maximum absolute atomic E-state index is 5.59. The average Bonchev–Trinajstić information content (AvgIpc) is 2.67. The fraction of sp³-hybridized carbons (Fsp3) is 0.909. The van der Waals surface area contributed by atoms with Crippen LogP contribution in [0.3, 0.4) is 0 Å². The van der Waals surface area contributed by atoms with Gasteiger partial charge in [-0.3, -0.25) is 0 Å². The van der Waals surface area contributed by atoms with Crippen molar-refractivity contribution in [3.8, 4) is 0 Å². The SMILES string of the molecule is CC(C)CNC(=S)NC(C)C1CCCO1. The van der Waals surface area contributed by atoms with E-state index in [1.54, 1.807) is 0 Å². The summed E-state index contributed by atoms with van der Waals surface area (Å²) >= 11 is 5.21. The number of rotatable bonds is 4. The minimum atomic E-state index is 0.305. The van der Waals surface area contributed by atoms with Crippen molar-refractivity contribution in [2.24, 2.45) is 5.92 Å². The summed E-state index contributed by atoms with van der Waals surface area (Å²) in [5.41, 5.74) is 0. The summed E-state index contributed by atoms with van der Waals surface area (Å²) in [5.74, 6) is 0.614. The zero-order chi connectivity index (χ0) is 11.3. The summed E-state index contributed by atoms with van der Waals surface area (Å²) in [6.07, 6.45) is 2.63. The van der Waals surface area contributed by atoms with Gasteiger partial charge in [-0.25, -0.2) is 0 Å². The topological polar surface area (TPSA) is 33.3 Å². The van der Waals surface area contributed by atoms with Crippen molar-refractivity contribution in [3.05, 3.63) is 0 Å². The van der Waals surface area contributed by atoms with Gasteiger partial charge in [0, 0.05) is 13.2 Å². The molecule has 1 rings (SSSR count). The Morgan fingerprint density at radius 3 is 2.73 bits per heavy atom. The van der Waals surface area contributed by atoms with Gasteiger partial charge in [-0.05, 0) is 37.9 Å². The molecule has 0 aromatic rings. The molecule has 1 aliphatic heterocycles. The van der Waals surface area contributed by atoms with Crippen molar-refractivity contribution in [2.75, 3.05) is 13.2 Å². The van der Waals surface area contributed by atoms with Gasteiger partial charge in [0.25, 0.3) is 0 Å². The second-order valence-electron chi connectivity index (χ2n) is 4.59. The smallest absolute Gasteiger partial charge is 0.166 e. The molecule has 0 radical (unpaired) electrons. The summed E-state index contributed by atoms with van der Waals surface area (Å²) in [6.45, 7) is 8.27. The molecule has 4 heteroatoms. The molecule has 1 saturated heterocycles. The van der Waals surface area contributed by atoms with Gasteiger partial charge in [-0.1, -0.05) is 13.8 Å². The van der Waals surface area contributed by atoms with Crippen molar-refractivity contribution in [3.63, 3.8) is 0 Å². The van der Waals surface area contributed by atoms with E-state index in [0.29, 0.717) is 18.1 Å². The van der Waals surface area contributed by atoms with Gasteiger partial charge >= 0.3 is 0 Å². The van der Waals surface area contributed by atoms with Crippen LogP contribution < -0.4 is 10.6 Å². The Hall–Kier alpha value is -0.350. The molecule has 1 fully saturated rings. The molecule has 2 unspecified atom stereocenters. The van der Waals surface area contributed by atoms with Crippen LogP contribution in [0.4, 0.5) is 0 Å². The molecule has 88 valence electrons. The molecule has 15 heavy (non-hydrogen) atoms. The average molecular weight is 230 g/mol. The maximum Gasteiger partial charge on any atom is 0.166 e. The second kappa shape index (κ2) is 6.28. The molecule has 1 aliphatic rings. The largest absolute Gasteiger partial charge is 0.376 e. The van der Waals surface area contributed by atoms with Crippen LogP contribution in [0.15, 0.2) is 0 Å². The standard InChI is InChI=1S/C11H22N2OS/c1-8(2)7-12-11(15)13-9(3)10-5-4-6-14-10/h8-10H,4-7H2,1-3H3,(H2,12,13,15). The van der Waals surface area contributed by atoms with E-state index in [4.69, 9.17) is 17.0 Å². The van der Waals surface area contributed by atoms with Crippen LogP contribution in [0, 0.1) is 5.92 Å². The van der Waals surface area contributed by atoms with E-state index >= 15 is 0 Å². The number of ether oxygens (including phenoxy) is 1. The monoisotopic (exact) mass is 230 g/mol. The molecule has 0 aliphatic carbocycles. The van der Waals surface area contributed by atoms with Crippen LogP contribution >= 0.6 is 12.2 Å².